The van der Waals surface area contributed by atoms with E-state index in [1.165, 1.54) is 6.20 Å². The van der Waals surface area contributed by atoms with Crippen molar-refractivity contribution in [2.24, 2.45) is 5.73 Å². The number of nitrogens with two attached hydrogens (primary N) is 1. The van der Waals surface area contributed by atoms with Gasteiger partial charge in [0.1, 0.15) is 5.00 Å². The van der Waals surface area contributed by atoms with Crippen molar-refractivity contribution in [2.45, 2.75) is 32.2 Å². The third-order valence-electron chi connectivity index (χ3n) is 1.89. The molecule has 5 nitrogen and oxygen atoms in total. The first kappa shape index (κ1) is 11.1. The van der Waals surface area contributed by atoms with E-state index >= 15 is 0 Å². The molecule has 6 heteroatoms. The van der Waals surface area contributed by atoms with Crippen molar-refractivity contribution in [1.29, 1.82) is 0 Å². The van der Waals surface area contributed by atoms with Crippen LogP contribution >= 0.6 is 11.5 Å². The van der Waals surface area contributed by atoms with Crippen LogP contribution < -0.4 is 11.1 Å². The number of amides is 1. The van der Waals surface area contributed by atoms with Crippen LogP contribution in [0.1, 0.15) is 26.7 Å². The molecule has 0 spiro atoms. The minimum atomic E-state index is -0.821. The first-order valence-corrected chi connectivity index (χ1v) is 5.21. The van der Waals surface area contributed by atoms with Crippen LogP contribution in [0, 0.1) is 0 Å². The number of carbonyl (C=O) groups excluding carboxylic acids is 1. The molecule has 0 aromatic carbocycles. The maximum atomic E-state index is 11.6. The molecule has 0 fully saturated rings. The molecule has 0 saturated carbocycles. The van der Waals surface area contributed by atoms with Gasteiger partial charge in [-0.05, 0) is 13.3 Å². The summed E-state index contributed by atoms with van der Waals surface area (Å²) in [7, 11) is 0. The van der Waals surface area contributed by atoms with Crippen LogP contribution in [0.5, 0.6) is 0 Å². The lowest BCUT2D eigenvalue weighted by molar-refractivity contribution is -0.120. The number of hydrogen-bond donors (Lipinski definition) is 2. The van der Waals surface area contributed by atoms with E-state index in [1.807, 2.05) is 6.92 Å². The van der Waals surface area contributed by atoms with Crippen molar-refractivity contribution in [3.8, 4) is 0 Å². The number of aromatic nitrogens is 2. The normalized spacial score (nSPS) is 14.8. The van der Waals surface area contributed by atoms with Gasteiger partial charge in [-0.2, -0.15) is 0 Å². The van der Waals surface area contributed by atoms with E-state index < -0.39 is 5.54 Å². The number of nitrogens with zero attached hydrogens (tertiary/aromatic N) is 2. The molecule has 78 valence electrons. The van der Waals surface area contributed by atoms with E-state index in [2.05, 4.69) is 14.9 Å². The van der Waals surface area contributed by atoms with Crippen LogP contribution in [-0.4, -0.2) is 21.0 Å². The molecule has 1 heterocycles. The fourth-order valence-electron chi connectivity index (χ4n) is 1.11. The Balaban J connectivity index is 2.57. The van der Waals surface area contributed by atoms with Gasteiger partial charge in [0.25, 0.3) is 0 Å². The van der Waals surface area contributed by atoms with Crippen molar-refractivity contribution in [2.75, 3.05) is 5.32 Å². The number of anilines is 1. The highest BCUT2D eigenvalue weighted by atomic mass is 32.1. The van der Waals surface area contributed by atoms with Crippen molar-refractivity contribution >= 4 is 22.4 Å². The first-order chi connectivity index (χ1) is 6.56. The molecule has 1 rings (SSSR count). The second-order valence-corrected chi connectivity index (χ2v) is 4.19. The van der Waals surface area contributed by atoms with Gasteiger partial charge < -0.3 is 11.1 Å². The van der Waals surface area contributed by atoms with Crippen LogP contribution in [0.2, 0.25) is 0 Å². The zero-order valence-corrected chi connectivity index (χ0v) is 9.10. The third-order valence-corrected chi connectivity index (χ3v) is 2.47. The first-order valence-electron chi connectivity index (χ1n) is 4.44. The summed E-state index contributed by atoms with van der Waals surface area (Å²) in [5.74, 6) is -0.189. The topological polar surface area (TPSA) is 80.9 Å². The monoisotopic (exact) mass is 214 g/mol. The predicted octanol–water partition coefficient (Wildman–Crippen LogP) is 0.994. The fraction of sp³-hybridized carbons (Fsp3) is 0.625. The van der Waals surface area contributed by atoms with Crippen LogP contribution in [0.15, 0.2) is 6.20 Å². The zero-order valence-electron chi connectivity index (χ0n) is 8.28. The van der Waals surface area contributed by atoms with E-state index in [9.17, 15) is 4.79 Å². The van der Waals surface area contributed by atoms with Crippen molar-refractivity contribution in [1.82, 2.24) is 9.59 Å². The fourth-order valence-corrected chi connectivity index (χ4v) is 1.52. The molecule has 0 aliphatic heterocycles. The molecule has 1 atom stereocenters. The molecule has 1 aromatic rings. The summed E-state index contributed by atoms with van der Waals surface area (Å²) < 4.78 is 3.64. The van der Waals surface area contributed by atoms with Gasteiger partial charge in [0.2, 0.25) is 5.91 Å². The van der Waals surface area contributed by atoms with Crippen molar-refractivity contribution in [3.63, 3.8) is 0 Å². The Morgan fingerprint density at radius 2 is 2.50 bits per heavy atom. The van der Waals surface area contributed by atoms with Gasteiger partial charge in [0, 0.05) is 11.5 Å². The predicted molar refractivity (Wildman–Crippen MR) is 56.0 cm³/mol. The maximum absolute atomic E-state index is 11.6. The quantitative estimate of drug-likeness (QED) is 0.783. The largest absolute Gasteiger partial charge is 0.318 e. The van der Waals surface area contributed by atoms with Crippen LogP contribution in [0.3, 0.4) is 0 Å². The lowest BCUT2D eigenvalue weighted by Crippen LogP contribution is -2.48. The Hall–Kier alpha value is -1.01. The van der Waals surface area contributed by atoms with E-state index in [0.29, 0.717) is 11.4 Å². The lowest BCUT2D eigenvalue weighted by Gasteiger charge is -2.21. The highest BCUT2D eigenvalue weighted by Gasteiger charge is 2.27. The molecule has 0 radical (unpaired) electrons. The molecular weight excluding hydrogens is 200 g/mol. The van der Waals surface area contributed by atoms with Gasteiger partial charge in [-0.25, -0.2) is 0 Å². The molecule has 1 aromatic heterocycles. The third kappa shape index (κ3) is 2.74. The highest BCUT2D eigenvalue weighted by molar-refractivity contribution is 7.10. The van der Waals surface area contributed by atoms with Gasteiger partial charge in [0.15, 0.2) is 0 Å². The van der Waals surface area contributed by atoms with Crippen LogP contribution in [0.4, 0.5) is 5.00 Å². The molecule has 1 unspecified atom stereocenters. The lowest BCUT2D eigenvalue weighted by atomic mass is 9.97. The van der Waals surface area contributed by atoms with Crippen LogP contribution in [0.25, 0.3) is 0 Å². The summed E-state index contributed by atoms with van der Waals surface area (Å²) in [6, 6.07) is 0. The molecule has 14 heavy (non-hydrogen) atoms. The number of nitrogens with one attached hydrogen (secondary N) is 1. The van der Waals surface area contributed by atoms with Gasteiger partial charge in [0.05, 0.1) is 11.7 Å². The smallest absolute Gasteiger partial charge is 0.244 e. The Bertz CT molecular complexity index is 296. The SMILES string of the molecule is CCCC(C)(N)C(=O)Nc1cnns1. The van der Waals surface area contributed by atoms with Gasteiger partial charge in [-0.3, -0.25) is 4.79 Å². The second-order valence-electron chi connectivity index (χ2n) is 3.40. The summed E-state index contributed by atoms with van der Waals surface area (Å²) in [5.41, 5.74) is 5.02. The van der Waals surface area contributed by atoms with E-state index in [4.69, 9.17) is 5.73 Å². The van der Waals surface area contributed by atoms with Gasteiger partial charge in [-0.15, -0.1) is 5.10 Å². The van der Waals surface area contributed by atoms with Crippen LogP contribution in [-0.2, 0) is 4.79 Å². The Kier molecular flexibility index (Phi) is 3.54. The average molecular weight is 214 g/mol. The number of hydrogen-bond acceptors (Lipinski definition) is 5. The second kappa shape index (κ2) is 4.47. The van der Waals surface area contributed by atoms with E-state index in [0.717, 1.165) is 18.0 Å². The maximum Gasteiger partial charge on any atom is 0.244 e. The van der Waals surface area contributed by atoms with E-state index in [-0.39, 0.29) is 5.91 Å². The summed E-state index contributed by atoms with van der Waals surface area (Å²) in [4.78, 5) is 11.6. The summed E-state index contributed by atoms with van der Waals surface area (Å²) in [6.45, 7) is 3.72. The number of rotatable bonds is 4. The van der Waals surface area contributed by atoms with Crippen molar-refractivity contribution in [3.05, 3.63) is 6.20 Å². The molecule has 0 saturated heterocycles. The highest BCUT2D eigenvalue weighted by Crippen LogP contribution is 2.14. The molecule has 3 N–H and O–H groups in total. The molecular formula is C8H14N4OS. The Labute approximate surface area is 86.9 Å². The minimum absolute atomic E-state index is 0.189. The molecule has 0 aliphatic carbocycles. The molecule has 0 bridgehead atoms. The average Bonchev–Trinajstić information content (AvgIpc) is 2.56. The molecule has 1 amide bonds. The summed E-state index contributed by atoms with van der Waals surface area (Å²) >= 11 is 1.14. The number of carbonyl (C=O) groups is 1. The summed E-state index contributed by atoms with van der Waals surface area (Å²) in [6.07, 6.45) is 3.04. The Morgan fingerprint density at radius 3 is 3.00 bits per heavy atom. The minimum Gasteiger partial charge on any atom is -0.318 e. The Morgan fingerprint density at radius 1 is 1.79 bits per heavy atom. The van der Waals surface area contributed by atoms with E-state index in [1.54, 1.807) is 6.92 Å². The van der Waals surface area contributed by atoms with Crippen molar-refractivity contribution < 1.29 is 4.79 Å². The standard InChI is InChI=1S/C8H14N4OS/c1-3-4-8(2,9)7(13)11-6-5-10-12-14-6/h5H,3-4,9H2,1-2H3,(H,11,13). The zero-order chi connectivity index (χ0) is 10.6. The molecule has 0 aliphatic rings. The van der Waals surface area contributed by atoms with Gasteiger partial charge in [-0.1, -0.05) is 17.8 Å². The summed E-state index contributed by atoms with van der Waals surface area (Å²) in [5, 5.41) is 6.92. The van der Waals surface area contributed by atoms with Gasteiger partial charge >= 0.3 is 0 Å².